The highest BCUT2D eigenvalue weighted by molar-refractivity contribution is 6.40. The van der Waals surface area contributed by atoms with Crippen LogP contribution in [0.5, 0.6) is 5.75 Å². The van der Waals surface area contributed by atoms with Crippen LogP contribution in [0.1, 0.15) is 13.8 Å². The number of amides is 3. The third-order valence-corrected chi connectivity index (χ3v) is 3.95. The predicted octanol–water partition coefficient (Wildman–Crippen LogP) is 0.946. The molecule has 10 heteroatoms. The van der Waals surface area contributed by atoms with Crippen molar-refractivity contribution in [1.29, 1.82) is 0 Å². The third kappa shape index (κ3) is 5.79. The zero-order valence-electron chi connectivity index (χ0n) is 16.7. The van der Waals surface area contributed by atoms with Gasteiger partial charge in [-0.25, -0.2) is 4.98 Å². The molecule has 0 saturated carbocycles. The number of oxazole rings is 1. The Bertz CT molecular complexity index is 864. The van der Waals surface area contributed by atoms with Gasteiger partial charge in [-0.1, -0.05) is 0 Å². The normalized spacial score (nSPS) is 10.9. The fourth-order valence-electron chi connectivity index (χ4n) is 2.39. The molecule has 3 amide bonds. The van der Waals surface area contributed by atoms with Crippen molar-refractivity contribution in [2.24, 2.45) is 0 Å². The Morgan fingerprint density at radius 2 is 1.93 bits per heavy atom. The molecule has 156 valence electrons. The van der Waals surface area contributed by atoms with Gasteiger partial charge in [0.15, 0.2) is 12.2 Å². The minimum atomic E-state index is -1.28. The SMILES string of the molecule is COCCNC(=O)C(C)(C)NC(=O)C(=O)Nc1ccc(-c2cnco2)c(OC)c1. The Morgan fingerprint density at radius 3 is 2.55 bits per heavy atom. The largest absolute Gasteiger partial charge is 0.496 e. The lowest BCUT2D eigenvalue weighted by molar-refractivity contribution is -0.139. The molecule has 0 fully saturated rings. The molecular weight excluding hydrogens is 380 g/mol. The van der Waals surface area contributed by atoms with Crippen LogP contribution in [-0.2, 0) is 19.1 Å². The summed E-state index contributed by atoms with van der Waals surface area (Å²) in [5, 5.41) is 7.49. The van der Waals surface area contributed by atoms with Crippen molar-refractivity contribution in [3.63, 3.8) is 0 Å². The molecule has 0 aliphatic heterocycles. The van der Waals surface area contributed by atoms with Crippen LogP contribution in [0.25, 0.3) is 11.3 Å². The van der Waals surface area contributed by atoms with Gasteiger partial charge in [0.25, 0.3) is 0 Å². The fourth-order valence-corrected chi connectivity index (χ4v) is 2.39. The summed E-state index contributed by atoms with van der Waals surface area (Å²) in [4.78, 5) is 40.5. The van der Waals surface area contributed by atoms with Crippen molar-refractivity contribution in [3.05, 3.63) is 30.8 Å². The van der Waals surface area contributed by atoms with E-state index in [1.165, 1.54) is 40.7 Å². The van der Waals surface area contributed by atoms with E-state index in [1.807, 2.05) is 0 Å². The molecule has 0 aliphatic carbocycles. The lowest BCUT2D eigenvalue weighted by atomic mass is 10.0. The predicted molar refractivity (Wildman–Crippen MR) is 104 cm³/mol. The Morgan fingerprint density at radius 1 is 1.17 bits per heavy atom. The average molecular weight is 404 g/mol. The van der Waals surface area contributed by atoms with Crippen molar-refractivity contribution in [2.75, 3.05) is 32.7 Å². The van der Waals surface area contributed by atoms with E-state index in [2.05, 4.69) is 20.9 Å². The second-order valence-corrected chi connectivity index (χ2v) is 6.56. The van der Waals surface area contributed by atoms with Crippen molar-refractivity contribution in [3.8, 4) is 17.1 Å². The van der Waals surface area contributed by atoms with Gasteiger partial charge in [-0.3, -0.25) is 14.4 Å². The van der Waals surface area contributed by atoms with Crippen LogP contribution >= 0.6 is 0 Å². The van der Waals surface area contributed by atoms with E-state index in [-0.39, 0.29) is 6.54 Å². The minimum absolute atomic E-state index is 0.290. The first-order chi connectivity index (χ1) is 13.8. The molecule has 3 N–H and O–H groups in total. The number of ether oxygens (including phenoxy) is 2. The number of rotatable bonds is 8. The number of hydrogen-bond acceptors (Lipinski definition) is 7. The Labute approximate surface area is 168 Å². The van der Waals surface area contributed by atoms with Crippen molar-refractivity contribution < 1.29 is 28.3 Å². The van der Waals surface area contributed by atoms with Crippen LogP contribution in [0.3, 0.4) is 0 Å². The molecule has 0 saturated heterocycles. The number of nitrogens with one attached hydrogen (secondary N) is 3. The highest BCUT2D eigenvalue weighted by atomic mass is 16.5. The summed E-state index contributed by atoms with van der Waals surface area (Å²) in [6, 6.07) is 4.81. The summed E-state index contributed by atoms with van der Waals surface area (Å²) in [6.45, 7) is 3.62. The van der Waals surface area contributed by atoms with E-state index in [9.17, 15) is 14.4 Å². The van der Waals surface area contributed by atoms with Crippen LogP contribution in [0.4, 0.5) is 5.69 Å². The van der Waals surface area contributed by atoms with Crippen LogP contribution in [-0.4, -0.2) is 55.6 Å². The van der Waals surface area contributed by atoms with Gasteiger partial charge in [0.05, 0.1) is 25.5 Å². The van der Waals surface area contributed by atoms with Crippen molar-refractivity contribution in [1.82, 2.24) is 15.6 Å². The molecule has 0 bridgehead atoms. The molecule has 1 aromatic carbocycles. The molecule has 29 heavy (non-hydrogen) atoms. The summed E-state index contributed by atoms with van der Waals surface area (Å²) >= 11 is 0. The first-order valence-electron chi connectivity index (χ1n) is 8.76. The molecule has 10 nitrogen and oxygen atoms in total. The van der Waals surface area contributed by atoms with Gasteiger partial charge in [-0.2, -0.15) is 0 Å². The maximum absolute atomic E-state index is 12.2. The van der Waals surface area contributed by atoms with Crippen LogP contribution in [0.15, 0.2) is 35.2 Å². The first kappa shape index (κ1) is 21.9. The average Bonchev–Trinajstić information content (AvgIpc) is 3.22. The van der Waals surface area contributed by atoms with Gasteiger partial charge in [0, 0.05) is 25.4 Å². The molecule has 0 unspecified atom stereocenters. The van der Waals surface area contributed by atoms with Gasteiger partial charge < -0.3 is 29.8 Å². The van der Waals surface area contributed by atoms with Gasteiger partial charge >= 0.3 is 11.8 Å². The summed E-state index contributed by atoms with van der Waals surface area (Å²) in [5.41, 5.74) is -0.301. The Balaban J connectivity index is 2.02. The number of carbonyl (C=O) groups is 3. The summed E-state index contributed by atoms with van der Waals surface area (Å²) in [5.74, 6) is -1.38. The number of carbonyl (C=O) groups excluding carboxylic acids is 3. The molecule has 2 rings (SSSR count). The van der Waals surface area contributed by atoms with Crippen LogP contribution in [0, 0.1) is 0 Å². The number of nitrogens with zero attached hydrogens (tertiary/aromatic N) is 1. The second kappa shape index (κ2) is 9.69. The molecule has 0 aliphatic rings. The smallest absolute Gasteiger partial charge is 0.313 e. The van der Waals surface area contributed by atoms with E-state index in [1.54, 1.807) is 18.2 Å². The lowest BCUT2D eigenvalue weighted by Gasteiger charge is -2.24. The van der Waals surface area contributed by atoms with Gasteiger partial charge in [-0.05, 0) is 26.0 Å². The number of benzene rings is 1. The van der Waals surface area contributed by atoms with E-state index in [4.69, 9.17) is 13.9 Å². The highest BCUT2D eigenvalue weighted by Crippen LogP contribution is 2.32. The summed E-state index contributed by atoms with van der Waals surface area (Å²) in [7, 11) is 2.98. The van der Waals surface area contributed by atoms with Crippen molar-refractivity contribution >= 4 is 23.4 Å². The fraction of sp³-hybridized carbons (Fsp3) is 0.368. The van der Waals surface area contributed by atoms with Crippen molar-refractivity contribution in [2.45, 2.75) is 19.4 Å². The second-order valence-electron chi connectivity index (χ2n) is 6.56. The molecule has 1 aromatic heterocycles. The summed E-state index contributed by atoms with van der Waals surface area (Å²) in [6.07, 6.45) is 2.82. The zero-order chi connectivity index (χ0) is 21.4. The topological polar surface area (TPSA) is 132 Å². The van der Waals surface area contributed by atoms with E-state index >= 15 is 0 Å². The highest BCUT2D eigenvalue weighted by Gasteiger charge is 2.31. The maximum Gasteiger partial charge on any atom is 0.313 e. The van der Waals surface area contributed by atoms with E-state index < -0.39 is 23.3 Å². The standard InChI is InChI=1S/C19H24N4O6/c1-19(2,18(26)21-7-8-27-3)23-17(25)16(24)22-12-5-6-13(14(9-12)28-4)15-10-20-11-29-15/h5-6,9-11H,7-8H2,1-4H3,(H,21,26)(H,22,24)(H,23,25). The third-order valence-electron chi connectivity index (χ3n) is 3.95. The molecular formula is C19H24N4O6. The zero-order valence-corrected chi connectivity index (χ0v) is 16.7. The van der Waals surface area contributed by atoms with Crippen LogP contribution < -0.4 is 20.7 Å². The summed E-state index contributed by atoms with van der Waals surface area (Å²) < 4.78 is 15.4. The Hall–Kier alpha value is -3.40. The minimum Gasteiger partial charge on any atom is -0.496 e. The monoisotopic (exact) mass is 404 g/mol. The van der Waals surface area contributed by atoms with E-state index in [0.29, 0.717) is 29.4 Å². The van der Waals surface area contributed by atoms with Crippen LogP contribution in [0.2, 0.25) is 0 Å². The molecule has 1 heterocycles. The quantitative estimate of drug-likeness (QED) is 0.441. The number of hydrogen-bond donors (Lipinski definition) is 3. The Kier molecular flexibility index (Phi) is 7.32. The lowest BCUT2D eigenvalue weighted by Crippen LogP contribution is -2.57. The van der Waals surface area contributed by atoms with Gasteiger partial charge in [0.1, 0.15) is 11.3 Å². The molecule has 2 aromatic rings. The molecule has 0 spiro atoms. The van der Waals surface area contributed by atoms with Gasteiger partial charge in [0.2, 0.25) is 5.91 Å². The maximum atomic E-state index is 12.2. The molecule has 0 atom stereocenters. The molecule has 0 radical (unpaired) electrons. The number of aromatic nitrogens is 1. The first-order valence-corrected chi connectivity index (χ1v) is 8.76. The number of methoxy groups -OCH3 is 2. The van der Waals surface area contributed by atoms with Gasteiger partial charge in [-0.15, -0.1) is 0 Å². The number of anilines is 1. The van der Waals surface area contributed by atoms with E-state index in [0.717, 1.165) is 0 Å².